The second-order valence-corrected chi connectivity index (χ2v) is 7.08. The maximum atomic E-state index is 14.4. The van der Waals surface area contributed by atoms with Gasteiger partial charge in [0.1, 0.15) is 6.23 Å². The lowest BCUT2D eigenvalue weighted by Crippen LogP contribution is -2.34. The molecule has 2 heterocycles. The molecule has 0 saturated heterocycles. The van der Waals surface area contributed by atoms with Gasteiger partial charge in [0.05, 0.1) is 30.7 Å². The van der Waals surface area contributed by atoms with E-state index in [9.17, 15) is 4.39 Å². The average molecular weight is 429 g/mol. The van der Waals surface area contributed by atoms with Crippen molar-refractivity contribution >= 4 is 11.6 Å². The number of halogens is 1. The molecule has 2 aromatic heterocycles. The third-order valence-electron chi connectivity index (χ3n) is 4.60. The summed E-state index contributed by atoms with van der Waals surface area (Å²) in [7, 11) is 1.66. The predicted molar refractivity (Wildman–Crippen MR) is 118 cm³/mol. The number of hydrogen-bond donors (Lipinski definition) is 2. The first-order valence-electron chi connectivity index (χ1n) is 10.4. The van der Waals surface area contributed by atoms with Gasteiger partial charge < -0.3 is 14.8 Å². The molecule has 8 nitrogen and oxygen atoms in total. The fourth-order valence-corrected chi connectivity index (χ4v) is 3.05. The number of anilines is 2. The summed E-state index contributed by atoms with van der Waals surface area (Å²) >= 11 is 0. The first-order chi connectivity index (χ1) is 15.0. The lowest BCUT2D eigenvalue weighted by Gasteiger charge is -2.15. The Morgan fingerprint density at radius 2 is 2.06 bits per heavy atom. The number of likely N-dealkylation sites (N-methyl/N-ethyl adjacent to an activating group) is 1. The highest BCUT2D eigenvalue weighted by molar-refractivity contribution is 5.65. The molecule has 0 bridgehead atoms. The second-order valence-electron chi connectivity index (χ2n) is 7.08. The van der Waals surface area contributed by atoms with Crippen LogP contribution in [0, 0.1) is 12.7 Å². The topological polar surface area (TPSA) is 86.1 Å². The molecule has 0 aliphatic rings. The number of ether oxygens (including phenoxy) is 2. The molecule has 1 atom stereocenters. The molecule has 9 heteroatoms. The lowest BCUT2D eigenvalue weighted by atomic mass is 10.1. The Hall–Kier alpha value is -3.04. The highest BCUT2D eigenvalue weighted by Gasteiger charge is 2.12. The number of benzene rings is 1. The standard InChI is InChI=1S/C22H29FN6O2/c1-5-9-31-19-8-7-16(10-18(19)23)21-15(3)11-25-22(28-21)27-17-12-26-29(13-17)14-20(30-4)24-6-2/h7-8,10-13,20,24H,5-6,9,14H2,1-4H3,(H,25,27,28). The number of hydrogen-bond acceptors (Lipinski definition) is 7. The predicted octanol–water partition coefficient (Wildman–Crippen LogP) is 3.90. The molecule has 0 amide bonds. The minimum Gasteiger partial charge on any atom is -0.491 e. The molecular formula is C22H29FN6O2. The van der Waals surface area contributed by atoms with E-state index in [1.165, 1.54) is 6.07 Å². The molecule has 0 fully saturated rings. The van der Waals surface area contributed by atoms with Crippen LogP contribution in [0.5, 0.6) is 5.75 Å². The van der Waals surface area contributed by atoms with Gasteiger partial charge >= 0.3 is 0 Å². The summed E-state index contributed by atoms with van der Waals surface area (Å²) in [6.07, 6.45) is 5.95. The normalized spacial score (nSPS) is 12.0. The van der Waals surface area contributed by atoms with Crippen LogP contribution in [0.4, 0.5) is 16.0 Å². The Morgan fingerprint density at radius 1 is 1.23 bits per heavy atom. The monoisotopic (exact) mass is 428 g/mol. The summed E-state index contributed by atoms with van der Waals surface area (Å²) in [6.45, 7) is 7.74. The number of nitrogens with zero attached hydrogens (tertiary/aromatic N) is 4. The van der Waals surface area contributed by atoms with E-state index in [2.05, 4.69) is 25.7 Å². The maximum absolute atomic E-state index is 14.4. The van der Waals surface area contributed by atoms with Gasteiger partial charge in [0.25, 0.3) is 0 Å². The fourth-order valence-electron chi connectivity index (χ4n) is 3.05. The van der Waals surface area contributed by atoms with Crippen molar-refractivity contribution in [3.63, 3.8) is 0 Å². The molecule has 31 heavy (non-hydrogen) atoms. The smallest absolute Gasteiger partial charge is 0.227 e. The van der Waals surface area contributed by atoms with E-state index in [1.807, 2.05) is 27.0 Å². The van der Waals surface area contributed by atoms with Gasteiger partial charge in [0, 0.05) is 25.1 Å². The average Bonchev–Trinajstić information content (AvgIpc) is 3.20. The summed E-state index contributed by atoms with van der Waals surface area (Å²) < 4.78 is 27.0. The van der Waals surface area contributed by atoms with Gasteiger partial charge in [-0.15, -0.1) is 0 Å². The van der Waals surface area contributed by atoms with E-state index in [-0.39, 0.29) is 12.0 Å². The molecule has 2 N–H and O–H groups in total. The Morgan fingerprint density at radius 3 is 2.77 bits per heavy atom. The molecule has 3 rings (SSSR count). The first kappa shape index (κ1) is 22.6. The van der Waals surface area contributed by atoms with Gasteiger partial charge in [-0.2, -0.15) is 5.10 Å². The van der Waals surface area contributed by atoms with E-state index < -0.39 is 5.82 Å². The van der Waals surface area contributed by atoms with Crippen molar-refractivity contribution in [3.8, 4) is 17.0 Å². The van der Waals surface area contributed by atoms with Crippen LogP contribution < -0.4 is 15.4 Å². The Bertz CT molecular complexity index is 994. The van der Waals surface area contributed by atoms with E-state index in [4.69, 9.17) is 9.47 Å². The van der Waals surface area contributed by atoms with Gasteiger partial charge in [0.15, 0.2) is 11.6 Å². The van der Waals surface area contributed by atoms with Crippen LogP contribution in [0.15, 0.2) is 36.8 Å². The van der Waals surface area contributed by atoms with Crippen molar-refractivity contribution in [3.05, 3.63) is 48.2 Å². The zero-order valence-electron chi connectivity index (χ0n) is 18.4. The Labute approximate surface area is 181 Å². The summed E-state index contributed by atoms with van der Waals surface area (Å²) in [5, 5.41) is 10.7. The molecule has 0 radical (unpaired) electrons. The van der Waals surface area contributed by atoms with Crippen molar-refractivity contribution in [1.82, 2.24) is 25.1 Å². The van der Waals surface area contributed by atoms with Crippen LogP contribution in [0.2, 0.25) is 0 Å². The molecule has 0 aliphatic heterocycles. The minimum absolute atomic E-state index is 0.126. The zero-order valence-corrected chi connectivity index (χ0v) is 18.4. The van der Waals surface area contributed by atoms with E-state index in [1.54, 1.807) is 36.3 Å². The van der Waals surface area contributed by atoms with Crippen molar-refractivity contribution < 1.29 is 13.9 Å². The van der Waals surface area contributed by atoms with Crippen LogP contribution in [0.25, 0.3) is 11.3 Å². The number of aryl methyl sites for hydroxylation is 1. The molecule has 3 aromatic rings. The minimum atomic E-state index is -0.409. The largest absolute Gasteiger partial charge is 0.491 e. The van der Waals surface area contributed by atoms with Crippen molar-refractivity contribution in [2.45, 2.75) is 40.0 Å². The third-order valence-corrected chi connectivity index (χ3v) is 4.60. The SMILES string of the molecule is CCCOc1ccc(-c2nc(Nc3cnn(CC(NCC)OC)c3)ncc2C)cc1F. The maximum Gasteiger partial charge on any atom is 0.227 e. The molecule has 1 aromatic carbocycles. The molecule has 0 spiro atoms. The van der Waals surface area contributed by atoms with Gasteiger partial charge in [-0.05, 0) is 43.7 Å². The van der Waals surface area contributed by atoms with Crippen LogP contribution >= 0.6 is 0 Å². The van der Waals surface area contributed by atoms with Crippen LogP contribution in [-0.2, 0) is 11.3 Å². The van der Waals surface area contributed by atoms with E-state index >= 15 is 0 Å². The van der Waals surface area contributed by atoms with Gasteiger partial charge in [0.2, 0.25) is 5.95 Å². The van der Waals surface area contributed by atoms with Crippen molar-refractivity contribution in [1.29, 1.82) is 0 Å². The molecular weight excluding hydrogens is 399 g/mol. The third kappa shape index (κ3) is 5.99. The Balaban J connectivity index is 1.75. The second kappa shape index (κ2) is 10.8. The van der Waals surface area contributed by atoms with Crippen molar-refractivity contribution in [2.24, 2.45) is 0 Å². The number of nitrogens with one attached hydrogen (secondary N) is 2. The molecule has 0 saturated carbocycles. The molecule has 166 valence electrons. The molecule has 0 aliphatic carbocycles. The fraction of sp³-hybridized carbons (Fsp3) is 0.409. The van der Waals surface area contributed by atoms with Gasteiger partial charge in [-0.3, -0.25) is 10.00 Å². The van der Waals surface area contributed by atoms with E-state index in [0.29, 0.717) is 30.4 Å². The number of rotatable bonds is 11. The summed E-state index contributed by atoms with van der Waals surface area (Å²) in [4.78, 5) is 8.92. The first-order valence-corrected chi connectivity index (χ1v) is 10.4. The quantitative estimate of drug-likeness (QED) is 0.448. The summed E-state index contributed by atoms with van der Waals surface area (Å²) in [6, 6.07) is 4.88. The summed E-state index contributed by atoms with van der Waals surface area (Å²) in [5.74, 6) is 0.241. The van der Waals surface area contributed by atoms with Gasteiger partial charge in [-0.25, -0.2) is 14.4 Å². The van der Waals surface area contributed by atoms with Crippen LogP contribution in [-0.4, -0.2) is 46.2 Å². The van der Waals surface area contributed by atoms with Crippen molar-refractivity contribution in [2.75, 3.05) is 25.6 Å². The van der Waals surface area contributed by atoms with Crippen LogP contribution in [0.3, 0.4) is 0 Å². The number of aromatic nitrogens is 4. The zero-order chi connectivity index (χ0) is 22.2. The summed E-state index contributed by atoms with van der Waals surface area (Å²) in [5.41, 5.74) is 2.90. The highest BCUT2D eigenvalue weighted by atomic mass is 19.1. The number of methoxy groups -OCH3 is 1. The lowest BCUT2D eigenvalue weighted by molar-refractivity contribution is 0.0584. The Kier molecular flexibility index (Phi) is 7.91. The highest BCUT2D eigenvalue weighted by Crippen LogP contribution is 2.27. The van der Waals surface area contributed by atoms with Gasteiger partial charge in [-0.1, -0.05) is 13.8 Å². The molecule has 1 unspecified atom stereocenters. The van der Waals surface area contributed by atoms with E-state index in [0.717, 1.165) is 24.2 Å². The van der Waals surface area contributed by atoms with Crippen LogP contribution in [0.1, 0.15) is 25.8 Å².